The van der Waals surface area contributed by atoms with Crippen molar-refractivity contribution >= 4 is 39.5 Å². The van der Waals surface area contributed by atoms with Gasteiger partial charge in [0.25, 0.3) is 17.4 Å². The average molecular weight is 450 g/mol. The number of aromatic nitrogens is 2. The van der Waals surface area contributed by atoms with Crippen LogP contribution in [0.25, 0.3) is 4.96 Å². The molecular formula is C23H19FN4O3S. The fourth-order valence-corrected chi connectivity index (χ4v) is 4.24. The van der Waals surface area contributed by atoms with Crippen LogP contribution in [0, 0.1) is 5.82 Å². The minimum absolute atomic E-state index is 0.0287. The lowest BCUT2D eigenvalue weighted by atomic mass is 10.2. The molecule has 2 heterocycles. The van der Waals surface area contributed by atoms with E-state index in [-0.39, 0.29) is 15.5 Å². The van der Waals surface area contributed by atoms with E-state index in [9.17, 15) is 18.8 Å². The van der Waals surface area contributed by atoms with Gasteiger partial charge in [-0.1, -0.05) is 42.9 Å². The Labute approximate surface area is 186 Å². The number of amides is 2. The Morgan fingerprint density at radius 3 is 2.34 bits per heavy atom. The zero-order valence-corrected chi connectivity index (χ0v) is 17.9. The molecule has 2 aromatic heterocycles. The fourth-order valence-electron chi connectivity index (χ4n) is 3.20. The molecule has 0 unspecified atom stereocenters. The van der Waals surface area contributed by atoms with Crippen molar-refractivity contribution < 1.29 is 14.0 Å². The van der Waals surface area contributed by atoms with E-state index < -0.39 is 23.2 Å². The SMILES string of the molecule is CCCc1cc(=O)n2c(C(=O)Nc3ccccc3)c(C(=O)Nc3ccc(F)cc3)sc2n1. The van der Waals surface area contributed by atoms with Crippen LogP contribution >= 0.6 is 11.3 Å². The summed E-state index contributed by atoms with van der Waals surface area (Å²) >= 11 is 0.952. The van der Waals surface area contributed by atoms with Crippen molar-refractivity contribution in [2.45, 2.75) is 19.8 Å². The molecule has 7 nitrogen and oxygen atoms in total. The lowest BCUT2D eigenvalue weighted by Crippen LogP contribution is -2.25. The van der Waals surface area contributed by atoms with Crippen molar-refractivity contribution in [3.63, 3.8) is 0 Å². The Hall–Kier alpha value is -3.85. The van der Waals surface area contributed by atoms with Crippen LogP contribution in [0.5, 0.6) is 0 Å². The van der Waals surface area contributed by atoms with E-state index in [1.165, 1.54) is 30.3 Å². The first-order valence-corrected chi connectivity index (χ1v) is 10.8. The molecule has 32 heavy (non-hydrogen) atoms. The lowest BCUT2D eigenvalue weighted by Gasteiger charge is -2.08. The first kappa shape index (κ1) is 21.4. The Bertz CT molecular complexity index is 1350. The van der Waals surface area contributed by atoms with Gasteiger partial charge in [0.15, 0.2) is 4.96 Å². The quantitative estimate of drug-likeness (QED) is 0.457. The number of carbonyl (C=O) groups is 2. The first-order chi connectivity index (χ1) is 15.5. The van der Waals surface area contributed by atoms with Gasteiger partial charge in [-0.3, -0.25) is 14.4 Å². The number of aryl methyl sites for hydroxylation is 1. The molecule has 0 bridgehead atoms. The number of nitrogens with zero attached hydrogens (tertiary/aromatic N) is 2. The van der Waals surface area contributed by atoms with E-state index in [0.717, 1.165) is 22.2 Å². The van der Waals surface area contributed by atoms with Crippen LogP contribution in [0.3, 0.4) is 0 Å². The van der Waals surface area contributed by atoms with E-state index in [0.29, 0.717) is 23.5 Å². The van der Waals surface area contributed by atoms with E-state index in [1.54, 1.807) is 30.3 Å². The van der Waals surface area contributed by atoms with Crippen molar-refractivity contribution in [3.05, 3.63) is 93.1 Å². The predicted octanol–water partition coefficient (Wildman–Crippen LogP) is 4.35. The highest BCUT2D eigenvalue weighted by molar-refractivity contribution is 7.19. The van der Waals surface area contributed by atoms with E-state index >= 15 is 0 Å². The van der Waals surface area contributed by atoms with Gasteiger partial charge in [-0.15, -0.1) is 0 Å². The summed E-state index contributed by atoms with van der Waals surface area (Å²) in [5, 5.41) is 5.37. The third kappa shape index (κ3) is 4.42. The Balaban J connectivity index is 1.80. The number of thiazole rings is 1. The number of hydrogen-bond acceptors (Lipinski definition) is 5. The maximum Gasteiger partial charge on any atom is 0.274 e. The third-order valence-corrected chi connectivity index (χ3v) is 5.67. The predicted molar refractivity (Wildman–Crippen MR) is 122 cm³/mol. The first-order valence-electron chi connectivity index (χ1n) is 9.95. The second-order valence-electron chi connectivity index (χ2n) is 7.01. The molecule has 0 radical (unpaired) electrons. The van der Waals surface area contributed by atoms with Crippen LogP contribution in [0.2, 0.25) is 0 Å². The van der Waals surface area contributed by atoms with Crippen molar-refractivity contribution in [1.82, 2.24) is 9.38 Å². The van der Waals surface area contributed by atoms with Gasteiger partial charge in [0.05, 0.1) is 0 Å². The van der Waals surface area contributed by atoms with E-state index in [2.05, 4.69) is 15.6 Å². The summed E-state index contributed by atoms with van der Waals surface area (Å²) in [5.41, 5.74) is 0.933. The average Bonchev–Trinajstić information content (AvgIpc) is 3.17. The summed E-state index contributed by atoms with van der Waals surface area (Å²) in [6.07, 6.45) is 1.40. The number of rotatable bonds is 6. The molecule has 0 saturated heterocycles. The Morgan fingerprint density at radius 2 is 1.66 bits per heavy atom. The van der Waals surface area contributed by atoms with Gasteiger partial charge in [0, 0.05) is 23.1 Å². The summed E-state index contributed by atoms with van der Waals surface area (Å²) in [6, 6.07) is 15.4. The fraction of sp³-hybridized carbons (Fsp3) is 0.130. The molecule has 4 rings (SSSR count). The largest absolute Gasteiger partial charge is 0.321 e. The molecule has 0 atom stereocenters. The highest BCUT2D eigenvalue weighted by Gasteiger charge is 2.26. The molecule has 0 aliphatic carbocycles. The van der Waals surface area contributed by atoms with Crippen molar-refractivity contribution in [2.75, 3.05) is 10.6 Å². The number of benzene rings is 2. The van der Waals surface area contributed by atoms with E-state index in [1.807, 2.05) is 6.92 Å². The number of anilines is 2. The number of fused-ring (bicyclic) bond motifs is 1. The minimum Gasteiger partial charge on any atom is -0.321 e. The summed E-state index contributed by atoms with van der Waals surface area (Å²) in [7, 11) is 0. The third-order valence-electron chi connectivity index (χ3n) is 4.63. The van der Waals surface area contributed by atoms with Gasteiger partial charge in [-0.25, -0.2) is 13.8 Å². The number of para-hydroxylation sites is 1. The molecule has 0 aliphatic heterocycles. The molecule has 2 amide bonds. The zero-order chi connectivity index (χ0) is 22.7. The van der Waals surface area contributed by atoms with Crippen LogP contribution in [0.4, 0.5) is 15.8 Å². The van der Waals surface area contributed by atoms with Gasteiger partial charge < -0.3 is 10.6 Å². The van der Waals surface area contributed by atoms with E-state index in [4.69, 9.17) is 0 Å². The lowest BCUT2D eigenvalue weighted by molar-refractivity contribution is 0.0989. The molecular weight excluding hydrogens is 431 g/mol. The van der Waals surface area contributed by atoms with Crippen LogP contribution in [0.1, 0.15) is 39.2 Å². The molecule has 0 aliphatic rings. The zero-order valence-electron chi connectivity index (χ0n) is 17.1. The maximum absolute atomic E-state index is 13.2. The highest BCUT2D eigenvalue weighted by Crippen LogP contribution is 2.24. The minimum atomic E-state index is -0.612. The van der Waals surface area contributed by atoms with Gasteiger partial charge in [-0.2, -0.15) is 0 Å². The summed E-state index contributed by atoms with van der Waals surface area (Å²) in [4.78, 5) is 43.8. The molecule has 0 saturated carbocycles. The van der Waals surface area contributed by atoms with Crippen LogP contribution in [0.15, 0.2) is 65.5 Å². The molecule has 0 spiro atoms. The number of halogens is 1. The molecule has 162 valence electrons. The maximum atomic E-state index is 13.2. The number of carbonyl (C=O) groups excluding carboxylic acids is 2. The number of hydrogen-bond donors (Lipinski definition) is 2. The number of nitrogens with one attached hydrogen (secondary N) is 2. The second kappa shape index (κ2) is 9.11. The van der Waals surface area contributed by atoms with Crippen molar-refractivity contribution in [1.29, 1.82) is 0 Å². The monoisotopic (exact) mass is 450 g/mol. The summed E-state index contributed by atoms with van der Waals surface area (Å²) in [5.74, 6) is -1.65. The standard InChI is InChI=1S/C23H19FN4O3S/c1-2-6-17-13-18(29)28-19(21(30)25-15-7-4-3-5-8-15)20(32-23(28)27-17)22(31)26-16-11-9-14(24)10-12-16/h3-5,7-13H,2,6H2,1H3,(H,25,30)(H,26,31). The van der Waals surface area contributed by atoms with Gasteiger partial charge in [-0.05, 0) is 42.8 Å². The summed E-state index contributed by atoms with van der Waals surface area (Å²) < 4.78 is 14.4. The Morgan fingerprint density at radius 1 is 1.00 bits per heavy atom. The van der Waals surface area contributed by atoms with Gasteiger partial charge >= 0.3 is 0 Å². The molecule has 9 heteroatoms. The molecule has 4 aromatic rings. The Kier molecular flexibility index (Phi) is 6.09. The summed E-state index contributed by atoms with van der Waals surface area (Å²) in [6.45, 7) is 1.97. The topological polar surface area (TPSA) is 92.6 Å². The van der Waals surface area contributed by atoms with Crippen molar-refractivity contribution in [2.24, 2.45) is 0 Å². The molecule has 2 aromatic carbocycles. The molecule has 2 N–H and O–H groups in total. The van der Waals surface area contributed by atoms with Gasteiger partial charge in [0.2, 0.25) is 0 Å². The smallest absolute Gasteiger partial charge is 0.274 e. The molecule has 0 fully saturated rings. The van der Waals surface area contributed by atoms with Gasteiger partial charge in [0.1, 0.15) is 16.4 Å². The second-order valence-corrected chi connectivity index (χ2v) is 7.99. The van der Waals surface area contributed by atoms with Crippen LogP contribution in [-0.2, 0) is 6.42 Å². The van der Waals surface area contributed by atoms with Crippen LogP contribution < -0.4 is 16.2 Å². The van der Waals surface area contributed by atoms with Crippen molar-refractivity contribution in [3.8, 4) is 0 Å². The highest BCUT2D eigenvalue weighted by atomic mass is 32.1. The normalized spacial score (nSPS) is 10.8. The van der Waals surface area contributed by atoms with Crippen LogP contribution in [-0.4, -0.2) is 21.2 Å².